The highest BCUT2D eigenvalue weighted by Gasteiger charge is 2.11. The van der Waals surface area contributed by atoms with Crippen molar-refractivity contribution < 1.29 is 13.9 Å². The Labute approximate surface area is 110 Å². The van der Waals surface area contributed by atoms with Gasteiger partial charge in [0.05, 0.1) is 16.4 Å². The zero-order chi connectivity index (χ0) is 13.1. The van der Waals surface area contributed by atoms with Gasteiger partial charge >= 0.3 is 0 Å². The molecule has 1 N–H and O–H groups in total. The highest BCUT2D eigenvalue weighted by Crippen LogP contribution is 2.22. The molecule has 0 bridgehead atoms. The van der Waals surface area contributed by atoms with Crippen molar-refractivity contribution in [3.63, 3.8) is 0 Å². The fourth-order valence-corrected chi connectivity index (χ4v) is 1.79. The molecule has 2 rings (SSSR count). The number of aryl methyl sites for hydroxylation is 1. The molecule has 0 aliphatic rings. The van der Waals surface area contributed by atoms with Gasteiger partial charge in [0.2, 0.25) is 0 Å². The van der Waals surface area contributed by atoms with Crippen LogP contribution in [-0.4, -0.2) is 26.7 Å². The molecule has 0 aliphatic carbocycles. The van der Waals surface area contributed by atoms with Crippen molar-refractivity contribution in [1.29, 1.82) is 0 Å². The van der Waals surface area contributed by atoms with E-state index in [1.165, 1.54) is 10.9 Å². The maximum absolute atomic E-state index is 13.7. The molecule has 0 fully saturated rings. The lowest BCUT2D eigenvalue weighted by Gasteiger charge is -2.03. The summed E-state index contributed by atoms with van der Waals surface area (Å²) in [7, 11) is 0. The number of hydrogen-bond donors (Lipinski definition) is 1. The zero-order valence-electron chi connectivity index (χ0n) is 9.28. The van der Waals surface area contributed by atoms with Crippen LogP contribution in [0.2, 0.25) is 0 Å². The van der Waals surface area contributed by atoms with E-state index in [4.69, 9.17) is 5.11 Å². The van der Waals surface area contributed by atoms with Gasteiger partial charge in [0, 0.05) is 12.7 Å². The lowest BCUT2D eigenvalue weighted by Crippen LogP contribution is -2.00. The first kappa shape index (κ1) is 13.1. The molecule has 1 aromatic carbocycles. The van der Waals surface area contributed by atoms with Crippen molar-refractivity contribution in [1.82, 2.24) is 15.0 Å². The molecule has 96 valence electrons. The van der Waals surface area contributed by atoms with Gasteiger partial charge < -0.3 is 5.11 Å². The third kappa shape index (κ3) is 2.73. The van der Waals surface area contributed by atoms with Crippen molar-refractivity contribution in [3.8, 4) is 5.69 Å². The Hall–Kier alpha value is -1.34. The molecule has 0 radical (unpaired) electrons. The van der Waals surface area contributed by atoms with Crippen LogP contribution >= 0.6 is 15.9 Å². The molecule has 0 saturated carbocycles. The standard InChI is InChI=1S/C11H10BrF2N3O/c12-8-4-10(14)11(5-9(8)13)17-6-7(15-16-17)2-1-3-18/h4-6,18H,1-3H2. The van der Waals surface area contributed by atoms with Crippen molar-refractivity contribution in [2.75, 3.05) is 6.61 Å². The van der Waals surface area contributed by atoms with Gasteiger partial charge in [0.25, 0.3) is 0 Å². The lowest BCUT2D eigenvalue weighted by molar-refractivity contribution is 0.288. The number of halogens is 3. The van der Waals surface area contributed by atoms with Gasteiger partial charge in [-0.1, -0.05) is 5.21 Å². The first-order chi connectivity index (χ1) is 8.61. The Kier molecular flexibility index (Phi) is 4.03. The quantitative estimate of drug-likeness (QED) is 0.880. The largest absolute Gasteiger partial charge is 0.396 e. The molecule has 0 amide bonds. The molecular formula is C11H10BrF2N3O. The zero-order valence-corrected chi connectivity index (χ0v) is 10.9. The summed E-state index contributed by atoms with van der Waals surface area (Å²) in [5, 5.41) is 16.3. The Bertz CT molecular complexity index is 559. The topological polar surface area (TPSA) is 50.9 Å². The van der Waals surface area contributed by atoms with Gasteiger partial charge in [0.15, 0.2) is 0 Å². The third-order valence-electron chi connectivity index (χ3n) is 2.37. The fourth-order valence-electron chi connectivity index (χ4n) is 1.48. The Morgan fingerprint density at radius 2 is 2.06 bits per heavy atom. The van der Waals surface area contributed by atoms with Crippen LogP contribution < -0.4 is 0 Å². The molecule has 2 aromatic rings. The Balaban J connectivity index is 2.31. The maximum Gasteiger partial charge on any atom is 0.150 e. The van der Waals surface area contributed by atoms with E-state index in [0.717, 1.165) is 12.1 Å². The normalized spacial score (nSPS) is 10.9. The average molecular weight is 318 g/mol. The van der Waals surface area contributed by atoms with Crippen LogP contribution in [0.3, 0.4) is 0 Å². The van der Waals surface area contributed by atoms with E-state index in [2.05, 4.69) is 26.2 Å². The number of rotatable bonds is 4. The highest BCUT2D eigenvalue weighted by molar-refractivity contribution is 9.10. The monoisotopic (exact) mass is 317 g/mol. The summed E-state index contributed by atoms with van der Waals surface area (Å²) in [6.45, 7) is 0.0497. The summed E-state index contributed by atoms with van der Waals surface area (Å²) in [6, 6.07) is 2.09. The summed E-state index contributed by atoms with van der Waals surface area (Å²) in [5.74, 6) is -1.17. The van der Waals surface area contributed by atoms with Crippen LogP contribution in [0, 0.1) is 11.6 Å². The van der Waals surface area contributed by atoms with Crippen LogP contribution in [0.4, 0.5) is 8.78 Å². The van der Waals surface area contributed by atoms with E-state index in [9.17, 15) is 8.78 Å². The van der Waals surface area contributed by atoms with E-state index in [-0.39, 0.29) is 16.8 Å². The van der Waals surface area contributed by atoms with E-state index >= 15 is 0 Å². The van der Waals surface area contributed by atoms with Gasteiger partial charge in [-0.3, -0.25) is 0 Å². The number of hydrogen-bond acceptors (Lipinski definition) is 3. The van der Waals surface area contributed by atoms with Crippen LogP contribution in [0.5, 0.6) is 0 Å². The molecule has 0 unspecified atom stereocenters. The molecular weight excluding hydrogens is 308 g/mol. The molecule has 4 nitrogen and oxygen atoms in total. The molecule has 0 aliphatic heterocycles. The minimum absolute atomic E-state index is 0.00144. The summed E-state index contributed by atoms with van der Waals surface area (Å²) >= 11 is 2.90. The minimum atomic E-state index is -0.595. The Morgan fingerprint density at radius 3 is 2.78 bits per heavy atom. The molecule has 0 saturated heterocycles. The predicted octanol–water partition coefficient (Wildman–Crippen LogP) is 2.23. The minimum Gasteiger partial charge on any atom is -0.396 e. The molecule has 18 heavy (non-hydrogen) atoms. The van der Waals surface area contributed by atoms with E-state index in [0.29, 0.717) is 18.5 Å². The van der Waals surface area contributed by atoms with Crippen LogP contribution in [-0.2, 0) is 6.42 Å². The number of benzene rings is 1. The smallest absolute Gasteiger partial charge is 0.150 e. The number of nitrogens with zero attached hydrogens (tertiary/aromatic N) is 3. The van der Waals surface area contributed by atoms with Crippen molar-refractivity contribution in [3.05, 3.63) is 40.1 Å². The maximum atomic E-state index is 13.7. The molecule has 7 heteroatoms. The highest BCUT2D eigenvalue weighted by atomic mass is 79.9. The van der Waals surface area contributed by atoms with Crippen molar-refractivity contribution >= 4 is 15.9 Å². The van der Waals surface area contributed by atoms with Crippen LogP contribution in [0.25, 0.3) is 5.69 Å². The van der Waals surface area contributed by atoms with Gasteiger partial charge in [-0.25, -0.2) is 13.5 Å². The van der Waals surface area contributed by atoms with Gasteiger partial charge in [-0.2, -0.15) is 0 Å². The second-order valence-corrected chi connectivity index (χ2v) is 4.55. The van der Waals surface area contributed by atoms with Gasteiger partial charge in [-0.15, -0.1) is 5.10 Å². The number of aliphatic hydroxyl groups is 1. The van der Waals surface area contributed by atoms with E-state index in [1.807, 2.05) is 0 Å². The molecule has 1 aromatic heterocycles. The molecule has 0 atom stereocenters. The first-order valence-electron chi connectivity index (χ1n) is 5.29. The van der Waals surface area contributed by atoms with Gasteiger partial charge in [-0.05, 0) is 34.8 Å². The molecule has 1 heterocycles. The lowest BCUT2D eigenvalue weighted by atomic mass is 10.2. The number of aliphatic hydroxyl groups excluding tert-OH is 1. The van der Waals surface area contributed by atoms with E-state index < -0.39 is 11.6 Å². The second kappa shape index (κ2) is 5.53. The van der Waals surface area contributed by atoms with E-state index in [1.54, 1.807) is 0 Å². The van der Waals surface area contributed by atoms with Crippen molar-refractivity contribution in [2.45, 2.75) is 12.8 Å². The summed E-state index contributed by atoms with van der Waals surface area (Å²) in [6.07, 6.45) is 2.61. The predicted molar refractivity (Wildman–Crippen MR) is 64.4 cm³/mol. The summed E-state index contributed by atoms with van der Waals surface area (Å²) in [5.41, 5.74) is 0.616. The fraction of sp³-hybridized carbons (Fsp3) is 0.273. The van der Waals surface area contributed by atoms with Crippen LogP contribution in [0.15, 0.2) is 22.8 Å². The first-order valence-corrected chi connectivity index (χ1v) is 6.08. The summed E-state index contributed by atoms with van der Waals surface area (Å²) in [4.78, 5) is 0. The second-order valence-electron chi connectivity index (χ2n) is 3.70. The van der Waals surface area contributed by atoms with Crippen LogP contribution in [0.1, 0.15) is 12.1 Å². The SMILES string of the molecule is OCCCc1cn(-c2cc(F)c(Br)cc2F)nn1. The Morgan fingerprint density at radius 1 is 1.28 bits per heavy atom. The third-order valence-corrected chi connectivity index (χ3v) is 2.98. The summed E-state index contributed by atoms with van der Waals surface area (Å²) < 4.78 is 28.2. The van der Waals surface area contributed by atoms with Crippen molar-refractivity contribution in [2.24, 2.45) is 0 Å². The van der Waals surface area contributed by atoms with Gasteiger partial charge in [0.1, 0.15) is 17.3 Å². The average Bonchev–Trinajstić information content (AvgIpc) is 2.79. The molecule has 0 spiro atoms. The number of aromatic nitrogens is 3.